The Labute approximate surface area is 109 Å². The summed E-state index contributed by atoms with van der Waals surface area (Å²) >= 11 is 3.38. The van der Waals surface area contributed by atoms with Crippen molar-refractivity contribution in [2.75, 3.05) is 31.2 Å². The highest BCUT2D eigenvalue weighted by molar-refractivity contribution is 9.10. The molecular formula is C12H13BrN2O2. The van der Waals surface area contributed by atoms with Crippen LogP contribution < -0.4 is 4.90 Å². The summed E-state index contributed by atoms with van der Waals surface area (Å²) < 4.78 is 6.19. The summed E-state index contributed by atoms with van der Waals surface area (Å²) in [5.41, 5.74) is 1.67. The lowest BCUT2D eigenvalue weighted by Crippen LogP contribution is -2.44. The molecule has 0 aliphatic carbocycles. The van der Waals surface area contributed by atoms with E-state index in [-0.39, 0.29) is 12.7 Å². The van der Waals surface area contributed by atoms with E-state index in [0.717, 1.165) is 16.7 Å². The van der Waals surface area contributed by atoms with E-state index in [9.17, 15) is 0 Å². The standard InChI is InChI=1S/C12H13BrN2O2/c13-12-5-10(2-1-9(12)6-14)15-3-4-17-11(7-15)8-16/h1-2,5,11,16H,3-4,7-8H2. The largest absolute Gasteiger partial charge is 0.394 e. The Balaban J connectivity index is 2.17. The molecule has 4 nitrogen and oxygen atoms in total. The molecule has 0 spiro atoms. The van der Waals surface area contributed by atoms with Crippen LogP contribution in [0.5, 0.6) is 0 Å². The van der Waals surface area contributed by atoms with Gasteiger partial charge in [0.05, 0.1) is 24.9 Å². The van der Waals surface area contributed by atoms with Crippen LogP contribution in [0.15, 0.2) is 22.7 Å². The van der Waals surface area contributed by atoms with Gasteiger partial charge in [-0.25, -0.2) is 0 Å². The van der Waals surface area contributed by atoms with E-state index in [1.807, 2.05) is 12.1 Å². The first-order chi connectivity index (χ1) is 8.24. The third-order valence-electron chi connectivity index (χ3n) is 2.78. The van der Waals surface area contributed by atoms with Gasteiger partial charge in [0.25, 0.3) is 0 Å². The van der Waals surface area contributed by atoms with Crippen LogP contribution in [-0.4, -0.2) is 37.5 Å². The lowest BCUT2D eigenvalue weighted by atomic mass is 10.2. The Bertz CT molecular complexity index is 445. The van der Waals surface area contributed by atoms with E-state index in [4.69, 9.17) is 15.1 Å². The van der Waals surface area contributed by atoms with Gasteiger partial charge >= 0.3 is 0 Å². The SMILES string of the molecule is N#Cc1ccc(N2CCOC(CO)C2)cc1Br. The van der Waals surface area contributed by atoms with Crippen molar-refractivity contribution >= 4 is 21.6 Å². The summed E-state index contributed by atoms with van der Waals surface area (Å²) in [4.78, 5) is 2.15. The van der Waals surface area contributed by atoms with Crippen molar-refractivity contribution in [1.82, 2.24) is 0 Å². The van der Waals surface area contributed by atoms with Crippen LogP contribution in [0.3, 0.4) is 0 Å². The van der Waals surface area contributed by atoms with Crippen LogP contribution in [0, 0.1) is 11.3 Å². The molecule has 1 N–H and O–H groups in total. The smallest absolute Gasteiger partial charge is 0.100 e. The molecule has 1 heterocycles. The molecule has 5 heteroatoms. The fraction of sp³-hybridized carbons (Fsp3) is 0.417. The molecule has 1 unspecified atom stereocenters. The average Bonchev–Trinajstić information content (AvgIpc) is 2.38. The molecule has 1 aliphatic rings. The van der Waals surface area contributed by atoms with Gasteiger partial charge in [-0.15, -0.1) is 0 Å². The fourth-order valence-corrected chi connectivity index (χ4v) is 2.31. The molecule has 1 aromatic rings. The fourth-order valence-electron chi connectivity index (χ4n) is 1.86. The van der Waals surface area contributed by atoms with Gasteiger partial charge in [0.2, 0.25) is 0 Å². The third-order valence-corrected chi connectivity index (χ3v) is 3.44. The minimum atomic E-state index is -0.127. The number of ether oxygens (including phenoxy) is 1. The number of morpholine rings is 1. The maximum Gasteiger partial charge on any atom is 0.100 e. The van der Waals surface area contributed by atoms with Gasteiger partial charge in [-0.3, -0.25) is 0 Å². The van der Waals surface area contributed by atoms with E-state index in [1.165, 1.54) is 0 Å². The van der Waals surface area contributed by atoms with E-state index >= 15 is 0 Å². The zero-order chi connectivity index (χ0) is 12.3. The van der Waals surface area contributed by atoms with Gasteiger partial charge < -0.3 is 14.7 Å². The van der Waals surface area contributed by atoms with Gasteiger partial charge in [-0.05, 0) is 34.1 Å². The Morgan fingerprint density at radius 1 is 1.59 bits per heavy atom. The Morgan fingerprint density at radius 2 is 2.41 bits per heavy atom. The second kappa shape index (κ2) is 5.50. The summed E-state index contributed by atoms with van der Waals surface area (Å²) in [6, 6.07) is 7.76. The van der Waals surface area contributed by atoms with Gasteiger partial charge in [-0.1, -0.05) is 0 Å². The minimum absolute atomic E-state index is 0.0357. The van der Waals surface area contributed by atoms with Crippen molar-refractivity contribution in [2.24, 2.45) is 0 Å². The number of nitriles is 1. The lowest BCUT2D eigenvalue weighted by Gasteiger charge is -2.33. The van der Waals surface area contributed by atoms with Crippen LogP contribution in [0.25, 0.3) is 0 Å². The van der Waals surface area contributed by atoms with E-state index < -0.39 is 0 Å². The summed E-state index contributed by atoms with van der Waals surface area (Å²) in [6.45, 7) is 2.13. The molecule has 0 bridgehead atoms. The van der Waals surface area contributed by atoms with Crippen molar-refractivity contribution in [3.05, 3.63) is 28.2 Å². The van der Waals surface area contributed by atoms with Crippen LogP contribution >= 0.6 is 15.9 Å². The normalized spacial score (nSPS) is 20.1. The molecule has 90 valence electrons. The first-order valence-corrected chi connectivity index (χ1v) is 6.21. The first kappa shape index (κ1) is 12.4. The number of benzene rings is 1. The number of hydrogen-bond donors (Lipinski definition) is 1. The second-order valence-corrected chi connectivity index (χ2v) is 4.75. The Morgan fingerprint density at radius 3 is 3.06 bits per heavy atom. The van der Waals surface area contributed by atoms with E-state index in [1.54, 1.807) is 6.07 Å². The number of nitrogens with zero attached hydrogens (tertiary/aromatic N) is 2. The van der Waals surface area contributed by atoms with Crippen molar-refractivity contribution in [3.8, 4) is 6.07 Å². The van der Waals surface area contributed by atoms with Crippen molar-refractivity contribution < 1.29 is 9.84 Å². The van der Waals surface area contributed by atoms with Gasteiger partial charge in [-0.2, -0.15) is 5.26 Å². The van der Waals surface area contributed by atoms with Crippen LogP contribution in [-0.2, 0) is 4.74 Å². The highest BCUT2D eigenvalue weighted by atomic mass is 79.9. The monoisotopic (exact) mass is 296 g/mol. The summed E-state index contributed by atoms with van der Waals surface area (Å²) in [7, 11) is 0. The van der Waals surface area contributed by atoms with Gasteiger partial charge in [0.15, 0.2) is 0 Å². The zero-order valence-electron chi connectivity index (χ0n) is 9.27. The summed E-state index contributed by atoms with van der Waals surface area (Å²) in [5, 5.41) is 17.9. The molecule has 1 fully saturated rings. The number of halogens is 1. The quantitative estimate of drug-likeness (QED) is 0.899. The molecule has 0 aromatic heterocycles. The molecule has 17 heavy (non-hydrogen) atoms. The molecular weight excluding hydrogens is 284 g/mol. The number of hydrogen-bond acceptors (Lipinski definition) is 4. The van der Waals surface area contributed by atoms with Crippen molar-refractivity contribution in [2.45, 2.75) is 6.10 Å². The Kier molecular flexibility index (Phi) is 4.00. The zero-order valence-corrected chi connectivity index (χ0v) is 10.9. The summed E-state index contributed by atoms with van der Waals surface area (Å²) in [5.74, 6) is 0. The molecule has 1 aliphatic heterocycles. The highest BCUT2D eigenvalue weighted by Gasteiger charge is 2.20. The van der Waals surface area contributed by atoms with Crippen molar-refractivity contribution in [1.29, 1.82) is 5.26 Å². The highest BCUT2D eigenvalue weighted by Crippen LogP contribution is 2.25. The topological polar surface area (TPSA) is 56.5 Å². The van der Waals surface area contributed by atoms with E-state index in [0.29, 0.717) is 18.7 Å². The van der Waals surface area contributed by atoms with Crippen molar-refractivity contribution in [3.63, 3.8) is 0 Å². The average molecular weight is 297 g/mol. The number of aliphatic hydroxyl groups is 1. The summed E-state index contributed by atoms with van der Waals surface area (Å²) in [6.07, 6.45) is -0.127. The molecule has 0 saturated carbocycles. The number of aliphatic hydroxyl groups excluding tert-OH is 1. The van der Waals surface area contributed by atoms with Gasteiger partial charge in [0.1, 0.15) is 6.07 Å². The van der Waals surface area contributed by atoms with Crippen LogP contribution in [0.4, 0.5) is 5.69 Å². The number of rotatable bonds is 2. The van der Waals surface area contributed by atoms with Crippen LogP contribution in [0.1, 0.15) is 5.56 Å². The molecule has 2 rings (SSSR count). The van der Waals surface area contributed by atoms with Gasteiger partial charge in [0, 0.05) is 23.2 Å². The molecule has 1 saturated heterocycles. The molecule has 0 radical (unpaired) electrons. The molecule has 0 amide bonds. The first-order valence-electron chi connectivity index (χ1n) is 5.41. The maximum atomic E-state index is 9.09. The minimum Gasteiger partial charge on any atom is -0.394 e. The van der Waals surface area contributed by atoms with Crippen LogP contribution in [0.2, 0.25) is 0 Å². The second-order valence-electron chi connectivity index (χ2n) is 3.90. The molecule has 1 atom stereocenters. The molecule has 1 aromatic carbocycles. The lowest BCUT2D eigenvalue weighted by molar-refractivity contribution is 0.00356. The number of anilines is 1. The van der Waals surface area contributed by atoms with E-state index in [2.05, 4.69) is 26.9 Å². The Hall–Kier alpha value is -1.09. The maximum absolute atomic E-state index is 9.09. The predicted molar refractivity (Wildman–Crippen MR) is 67.9 cm³/mol. The third kappa shape index (κ3) is 2.78. The predicted octanol–water partition coefficient (Wildman–Crippen LogP) is 1.52.